The van der Waals surface area contributed by atoms with Gasteiger partial charge in [0, 0.05) is 18.5 Å². The Balaban J connectivity index is 1.57. The van der Waals surface area contributed by atoms with Crippen LogP contribution >= 0.6 is 0 Å². The molecule has 3 saturated carbocycles. The highest BCUT2D eigenvalue weighted by molar-refractivity contribution is 5.75. The predicted molar refractivity (Wildman–Crippen MR) is 129 cm³/mol. The molecule has 0 spiro atoms. The Morgan fingerprint density at radius 1 is 1.00 bits per heavy atom. The van der Waals surface area contributed by atoms with E-state index in [0.29, 0.717) is 56.3 Å². The summed E-state index contributed by atoms with van der Waals surface area (Å²) in [6.07, 6.45) is 4.44. The van der Waals surface area contributed by atoms with E-state index in [1.54, 1.807) is 0 Å². The summed E-state index contributed by atoms with van der Waals surface area (Å²) >= 11 is 0. The number of hydrogen-bond donors (Lipinski definition) is 5. The number of nitrogens with one attached hydrogen (secondary N) is 1. The van der Waals surface area contributed by atoms with Gasteiger partial charge in [0.25, 0.3) is 5.56 Å². The first-order valence-corrected chi connectivity index (χ1v) is 12.3. The molecule has 3 aliphatic carbocycles. The second-order valence-electron chi connectivity index (χ2n) is 10.3. The smallest absolute Gasteiger partial charge is 0.332 e. The molecule has 0 unspecified atom stereocenters. The summed E-state index contributed by atoms with van der Waals surface area (Å²) in [5.41, 5.74) is -0.975. The van der Waals surface area contributed by atoms with Gasteiger partial charge in [-0.1, -0.05) is 6.92 Å². The number of H-pyrrole nitrogens is 1. The molecule has 0 saturated heterocycles. The summed E-state index contributed by atoms with van der Waals surface area (Å²) in [5, 5.41) is 39.0. The van der Waals surface area contributed by atoms with Crippen LogP contribution in [-0.2, 0) is 29.7 Å². The lowest BCUT2D eigenvalue weighted by molar-refractivity contribution is -0.156. The van der Waals surface area contributed by atoms with Crippen molar-refractivity contribution >= 4 is 17.1 Å². The highest BCUT2D eigenvalue weighted by Crippen LogP contribution is 2.57. The molecule has 11 heteroatoms. The molecule has 36 heavy (non-hydrogen) atoms. The van der Waals surface area contributed by atoms with Gasteiger partial charge in [0.2, 0.25) is 0 Å². The molecule has 2 bridgehead atoms. The first kappa shape index (κ1) is 24.0. The second-order valence-corrected chi connectivity index (χ2v) is 10.3. The number of carboxylic acids is 1. The predicted octanol–water partition coefficient (Wildman–Crippen LogP) is 2.33. The number of phenolic OH excluding ortho intramolecular Hbond substituents is 3. The zero-order valence-electron chi connectivity index (χ0n) is 20.1. The van der Waals surface area contributed by atoms with Crippen molar-refractivity contribution in [2.24, 2.45) is 5.41 Å². The molecule has 6 rings (SSSR count). The van der Waals surface area contributed by atoms with Crippen LogP contribution in [0.1, 0.15) is 63.3 Å². The number of aliphatic carboxylic acids is 1. The number of phenols is 3. The molecule has 3 aromatic rings. The van der Waals surface area contributed by atoms with Gasteiger partial charge in [-0.25, -0.2) is 9.78 Å². The van der Waals surface area contributed by atoms with Gasteiger partial charge in [0.15, 0.2) is 22.9 Å². The molecule has 3 fully saturated rings. The van der Waals surface area contributed by atoms with E-state index in [-0.39, 0.29) is 36.1 Å². The van der Waals surface area contributed by atoms with Crippen molar-refractivity contribution in [3.05, 3.63) is 44.4 Å². The van der Waals surface area contributed by atoms with E-state index >= 15 is 0 Å². The lowest BCUT2D eigenvalue weighted by Crippen LogP contribution is -2.48. The van der Waals surface area contributed by atoms with Gasteiger partial charge >= 0.3 is 11.7 Å². The van der Waals surface area contributed by atoms with Gasteiger partial charge in [-0.05, 0) is 69.1 Å². The maximum Gasteiger partial charge on any atom is 0.332 e. The van der Waals surface area contributed by atoms with Gasteiger partial charge in [-0.15, -0.1) is 0 Å². The lowest BCUT2D eigenvalue weighted by Gasteiger charge is -2.50. The molecule has 0 atom stereocenters. The Labute approximate surface area is 205 Å². The minimum Gasteiger partial charge on any atom is -0.504 e. The van der Waals surface area contributed by atoms with Crippen LogP contribution in [0.25, 0.3) is 11.2 Å². The number of aromatic amines is 1. The first-order valence-electron chi connectivity index (χ1n) is 12.3. The Morgan fingerprint density at radius 2 is 1.61 bits per heavy atom. The number of fused-ring (bicyclic) bond motifs is 4. The number of rotatable bonds is 7. The highest BCUT2D eigenvalue weighted by Gasteiger charge is 2.54. The van der Waals surface area contributed by atoms with Crippen molar-refractivity contribution in [1.29, 1.82) is 0 Å². The third kappa shape index (κ3) is 3.56. The quantitative estimate of drug-likeness (QED) is 0.309. The molecular weight excluding hydrogens is 468 g/mol. The number of hydrogen-bond acceptors (Lipinski definition) is 7. The number of carbonyl (C=O) groups is 1. The van der Waals surface area contributed by atoms with Crippen molar-refractivity contribution < 1.29 is 25.2 Å². The summed E-state index contributed by atoms with van der Waals surface area (Å²) in [4.78, 5) is 46.4. The van der Waals surface area contributed by atoms with Crippen LogP contribution < -0.4 is 11.2 Å². The molecule has 3 aliphatic rings. The zero-order valence-corrected chi connectivity index (χ0v) is 20.1. The Morgan fingerprint density at radius 3 is 2.17 bits per heavy atom. The largest absolute Gasteiger partial charge is 0.504 e. The number of nitrogens with zero attached hydrogens (tertiary/aromatic N) is 3. The topological polar surface area (TPSA) is 171 Å². The minimum absolute atomic E-state index is 0.127. The number of aromatic nitrogens is 4. The Kier molecular flexibility index (Phi) is 5.60. The van der Waals surface area contributed by atoms with Crippen molar-refractivity contribution in [2.45, 2.75) is 76.8 Å². The molecule has 2 heterocycles. The van der Waals surface area contributed by atoms with Crippen LogP contribution in [0.3, 0.4) is 0 Å². The third-order valence-electron chi connectivity index (χ3n) is 8.26. The van der Waals surface area contributed by atoms with Crippen LogP contribution in [0.15, 0.2) is 21.7 Å². The van der Waals surface area contributed by atoms with E-state index in [2.05, 4.69) is 4.98 Å². The Hall–Kier alpha value is -3.76. The van der Waals surface area contributed by atoms with Gasteiger partial charge < -0.3 is 25.4 Å². The average Bonchev–Trinajstić information content (AvgIpc) is 3.32. The van der Waals surface area contributed by atoms with Crippen molar-refractivity contribution in [3.8, 4) is 17.2 Å². The van der Waals surface area contributed by atoms with Gasteiger partial charge in [0.1, 0.15) is 11.3 Å². The SMILES string of the molecule is CCCn1c(=O)c2[nH]c(C34CCC(C(=O)O)(CC3)CC4)nc2n(CCc2cc(O)c(O)c(O)c2)c1=O. The minimum atomic E-state index is -0.747. The summed E-state index contributed by atoms with van der Waals surface area (Å²) in [7, 11) is 0. The van der Waals surface area contributed by atoms with E-state index < -0.39 is 39.9 Å². The molecular formula is C25H30N4O7. The highest BCUT2D eigenvalue weighted by atomic mass is 16.4. The van der Waals surface area contributed by atoms with Crippen LogP contribution in [0.2, 0.25) is 0 Å². The number of carboxylic acid groups (broad SMARTS) is 1. The van der Waals surface area contributed by atoms with Gasteiger partial charge in [-0.2, -0.15) is 0 Å². The lowest BCUT2D eigenvalue weighted by atomic mass is 9.53. The molecule has 0 radical (unpaired) electrons. The Bertz CT molecular complexity index is 1430. The van der Waals surface area contributed by atoms with E-state index in [0.717, 1.165) is 0 Å². The summed E-state index contributed by atoms with van der Waals surface area (Å²) in [5.74, 6) is -1.67. The maximum atomic E-state index is 13.3. The van der Waals surface area contributed by atoms with E-state index in [1.165, 1.54) is 21.3 Å². The fourth-order valence-corrected chi connectivity index (χ4v) is 5.95. The van der Waals surface area contributed by atoms with E-state index in [4.69, 9.17) is 4.98 Å². The fourth-order valence-electron chi connectivity index (χ4n) is 5.95. The van der Waals surface area contributed by atoms with Crippen molar-refractivity contribution in [2.75, 3.05) is 0 Å². The summed E-state index contributed by atoms with van der Waals surface area (Å²) < 4.78 is 2.61. The van der Waals surface area contributed by atoms with Crippen molar-refractivity contribution in [3.63, 3.8) is 0 Å². The second kappa shape index (κ2) is 8.42. The molecule has 192 valence electrons. The summed E-state index contributed by atoms with van der Waals surface area (Å²) in [6.45, 7) is 2.25. The van der Waals surface area contributed by atoms with Crippen LogP contribution in [0.5, 0.6) is 17.2 Å². The first-order chi connectivity index (χ1) is 17.1. The van der Waals surface area contributed by atoms with Crippen molar-refractivity contribution in [1.82, 2.24) is 19.1 Å². The molecule has 2 aromatic heterocycles. The molecule has 5 N–H and O–H groups in total. The molecule has 0 aliphatic heterocycles. The molecule has 0 amide bonds. The number of aryl methyl sites for hydroxylation is 2. The molecule has 11 nitrogen and oxygen atoms in total. The number of imidazole rings is 1. The van der Waals surface area contributed by atoms with Crippen LogP contribution in [-0.4, -0.2) is 45.5 Å². The third-order valence-corrected chi connectivity index (χ3v) is 8.26. The van der Waals surface area contributed by atoms with E-state index in [1.807, 2.05) is 6.92 Å². The maximum absolute atomic E-state index is 13.3. The monoisotopic (exact) mass is 498 g/mol. The fraction of sp³-hybridized carbons (Fsp3) is 0.520. The van der Waals surface area contributed by atoms with Crippen LogP contribution in [0, 0.1) is 5.41 Å². The number of benzene rings is 1. The summed E-state index contributed by atoms with van der Waals surface area (Å²) in [6, 6.07) is 2.63. The normalized spacial score (nSPS) is 23.4. The molecule has 1 aromatic carbocycles. The standard InChI is InChI=1S/C25H30N4O7/c1-2-10-29-20(33)17-19(28(23(29)36)11-3-14-12-15(30)18(32)16(31)13-14)27-21(26-17)24-4-7-25(8-5-24,9-6-24)22(34)35/h12-13,30-32H,2-11H2,1H3,(H,26,27)(H,34,35). The van der Waals surface area contributed by atoms with E-state index in [9.17, 15) is 34.8 Å². The van der Waals surface area contributed by atoms with Gasteiger partial charge in [-0.3, -0.25) is 18.7 Å². The number of aromatic hydroxyl groups is 3. The average molecular weight is 499 g/mol. The van der Waals surface area contributed by atoms with Crippen LogP contribution in [0.4, 0.5) is 0 Å². The zero-order chi connectivity index (χ0) is 25.8. The van der Waals surface area contributed by atoms with Gasteiger partial charge in [0.05, 0.1) is 5.41 Å².